The second kappa shape index (κ2) is 7.70. The van der Waals surface area contributed by atoms with Gasteiger partial charge in [0, 0.05) is 11.6 Å². The maximum atomic E-state index is 10.7. The highest BCUT2D eigenvalue weighted by Gasteiger charge is 2.13. The summed E-state index contributed by atoms with van der Waals surface area (Å²) in [5.41, 5.74) is 1.91. The van der Waals surface area contributed by atoms with Crippen LogP contribution in [-0.2, 0) is 17.9 Å². The lowest BCUT2D eigenvalue weighted by molar-refractivity contribution is -0.133. The molecule has 2 rings (SSSR count). The van der Waals surface area contributed by atoms with Crippen molar-refractivity contribution in [1.82, 2.24) is 14.8 Å². The van der Waals surface area contributed by atoms with Crippen LogP contribution < -0.4 is 4.74 Å². The topological polar surface area (TPSA) is 77.2 Å². The van der Waals surface area contributed by atoms with Gasteiger partial charge >= 0.3 is 5.97 Å². The van der Waals surface area contributed by atoms with E-state index in [1.807, 2.05) is 37.5 Å². The Kier molecular flexibility index (Phi) is 5.90. The first-order valence-electron chi connectivity index (χ1n) is 7.08. The van der Waals surface area contributed by atoms with Gasteiger partial charge in [-0.15, -0.1) is 10.2 Å². The van der Waals surface area contributed by atoms with Crippen LogP contribution in [-0.4, -0.2) is 31.6 Å². The number of carboxylic acids is 1. The zero-order valence-electron chi connectivity index (χ0n) is 13.2. The second-order valence-electron chi connectivity index (χ2n) is 4.99. The molecule has 23 heavy (non-hydrogen) atoms. The van der Waals surface area contributed by atoms with Crippen LogP contribution in [0.5, 0.6) is 5.75 Å². The zero-order valence-corrected chi connectivity index (χ0v) is 14.7. The van der Waals surface area contributed by atoms with E-state index in [4.69, 9.17) is 21.4 Å². The van der Waals surface area contributed by atoms with Crippen molar-refractivity contribution in [3.63, 3.8) is 0 Å². The van der Waals surface area contributed by atoms with Gasteiger partial charge < -0.3 is 14.4 Å². The van der Waals surface area contributed by atoms with Crippen LogP contribution >= 0.6 is 23.4 Å². The Hall–Kier alpha value is -1.73. The monoisotopic (exact) mass is 355 g/mol. The highest BCUT2D eigenvalue weighted by Crippen LogP contribution is 2.26. The number of carbonyl (C=O) groups is 1. The number of ether oxygens (including phenoxy) is 1. The quantitative estimate of drug-likeness (QED) is 0.768. The standard InChI is InChI=1S/C15H18ClN3O3S/c1-4-19-12(17-18-15(19)23-8-13(20)21)7-22-11-5-9(2)14(16)10(3)6-11/h5-6H,4,7-8H2,1-3H3,(H,20,21). The first-order chi connectivity index (χ1) is 10.9. The van der Waals surface area contributed by atoms with Gasteiger partial charge in [-0.25, -0.2) is 0 Å². The van der Waals surface area contributed by atoms with E-state index in [9.17, 15) is 4.79 Å². The maximum Gasteiger partial charge on any atom is 0.313 e. The Bertz CT molecular complexity index is 695. The van der Waals surface area contributed by atoms with Crippen LogP contribution in [0.1, 0.15) is 23.9 Å². The fourth-order valence-electron chi connectivity index (χ4n) is 2.11. The second-order valence-corrected chi connectivity index (χ2v) is 6.31. The molecule has 2 aromatic rings. The summed E-state index contributed by atoms with van der Waals surface area (Å²) < 4.78 is 7.63. The number of halogens is 1. The highest BCUT2D eigenvalue weighted by atomic mass is 35.5. The van der Waals surface area contributed by atoms with Crippen LogP contribution in [0.2, 0.25) is 5.02 Å². The molecular weight excluding hydrogens is 338 g/mol. The lowest BCUT2D eigenvalue weighted by Crippen LogP contribution is -2.08. The van der Waals surface area contributed by atoms with E-state index in [0.29, 0.717) is 17.5 Å². The average molecular weight is 356 g/mol. The molecule has 6 nitrogen and oxygen atoms in total. The van der Waals surface area contributed by atoms with Gasteiger partial charge in [0.25, 0.3) is 0 Å². The molecule has 0 bridgehead atoms. The van der Waals surface area contributed by atoms with E-state index in [1.165, 1.54) is 0 Å². The summed E-state index contributed by atoms with van der Waals surface area (Å²) in [4.78, 5) is 10.7. The molecular formula is C15H18ClN3O3S. The van der Waals surface area contributed by atoms with Gasteiger partial charge in [0.15, 0.2) is 11.0 Å². The normalized spacial score (nSPS) is 10.8. The van der Waals surface area contributed by atoms with E-state index in [0.717, 1.165) is 33.7 Å². The van der Waals surface area contributed by atoms with Crippen molar-refractivity contribution in [2.45, 2.75) is 39.1 Å². The number of hydrogen-bond acceptors (Lipinski definition) is 5. The predicted octanol–water partition coefficient (Wildman–Crippen LogP) is 3.32. The molecule has 0 aliphatic carbocycles. The first-order valence-corrected chi connectivity index (χ1v) is 8.45. The predicted molar refractivity (Wildman–Crippen MR) is 89.3 cm³/mol. The molecule has 0 aliphatic heterocycles. The molecule has 0 radical (unpaired) electrons. The minimum atomic E-state index is -0.884. The Balaban J connectivity index is 2.10. The van der Waals surface area contributed by atoms with Crippen molar-refractivity contribution in [1.29, 1.82) is 0 Å². The summed E-state index contributed by atoms with van der Waals surface area (Å²) in [6, 6.07) is 3.75. The molecule has 0 aliphatic rings. The summed E-state index contributed by atoms with van der Waals surface area (Å²) in [7, 11) is 0. The molecule has 0 amide bonds. The minimum absolute atomic E-state index is 0.0471. The number of thioether (sulfide) groups is 1. The van der Waals surface area contributed by atoms with Gasteiger partial charge in [-0.3, -0.25) is 4.79 Å². The van der Waals surface area contributed by atoms with E-state index in [2.05, 4.69) is 10.2 Å². The summed E-state index contributed by atoms with van der Waals surface area (Å²) in [6.45, 7) is 6.71. The van der Waals surface area contributed by atoms with Gasteiger partial charge in [0.1, 0.15) is 12.4 Å². The van der Waals surface area contributed by atoms with Gasteiger partial charge in [-0.1, -0.05) is 23.4 Å². The largest absolute Gasteiger partial charge is 0.486 e. The zero-order chi connectivity index (χ0) is 17.0. The molecule has 0 atom stereocenters. The van der Waals surface area contributed by atoms with Crippen molar-refractivity contribution in [2.75, 3.05) is 5.75 Å². The van der Waals surface area contributed by atoms with Crippen molar-refractivity contribution >= 4 is 29.3 Å². The number of hydrogen-bond donors (Lipinski definition) is 1. The molecule has 1 N–H and O–H groups in total. The van der Waals surface area contributed by atoms with Crippen LogP contribution in [0.4, 0.5) is 0 Å². The van der Waals surface area contributed by atoms with Crippen LogP contribution in [0.3, 0.4) is 0 Å². The SMILES string of the molecule is CCn1c(COc2cc(C)c(Cl)c(C)c2)nnc1SCC(=O)O. The third-order valence-electron chi connectivity index (χ3n) is 3.21. The number of aryl methyl sites for hydroxylation is 2. The van der Waals surface area contributed by atoms with Crippen molar-refractivity contribution < 1.29 is 14.6 Å². The van der Waals surface area contributed by atoms with Gasteiger partial charge in [-0.2, -0.15) is 0 Å². The number of rotatable bonds is 7. The Morgan fingerprint density at radius 3 is 2.57 bits per heavy atom. The lowest BCUT2D eigenvalue weighted by Gasteiger charge is -2.11. The number of nitrogens with zero attached hydrogens (tertiary/aromatic N) is 3. The molecule has 1 heterocycles. The van der Waals surface area contributed by atoms with Crippen molar-refractivity contribution in [3.8, 4) is 5.75 Å². The molecule has 1 aromatic heterocycles. The summed E-state index contributed by atoms with van der Waals surface area (Å²) in [5, 5.41) is 18.2. The maximum absolute atomic E-state index is 10.7. The van der Waals surface area contributed by atoms with Crippen LogP contribution in [0.25, 0.3) is 0 Å². The lowest BCUT2D eigenvalue weighted by atomic mass is 10.1. The van der Waals surface area contributed by atoms with E-state index in [-0.39, 0.29) is 12.4 Å². The van der Waals surface area contributed by atoms with Crippen LogP contribution in [0, 0.1) is 13.8 Å². The third kappa shape index (κ3) is 4.39. The van der Waals surface area contributed by atoms with Crippen LogP contribution in [0.15, 0.2) is 17.3 Å². The van der Waals surface area contributed by atoms with Gasteiger partial charge in [0.05, 0.1) is 5.75 Å². The van der Waals surface area contributed by atoms with Gasteiger partial charge in [0.2, 0.25) is 0 Å². The van der Waals surface area contributed by atoms with Gasteiger partial charge in [-0.05, 0) is 44.0 Å². The Morgan fingerprint density at radius 1 is 1.35 bits per heavy atom. The minimum Gasteiger partial charge on any atom is -0.486 e. The number of aliphatic carboxylic acids is 1. The highest BCUT2D eigenvalue weighted by molar-refractivity contribution is 7.99. The average Bonchev–Trinajstić information content (AvgIpc) is 2.90. The summed E-state index contributed by atoms with van der Waals surface area (Å²) >= 11 is 7.29. The molecule has 124 valence electrons. The summed E-state index contributed by atoms with van der Waals surface area (Å²) in [6.07, 6.45) is 0. The Labute approximate surface area is 143 Å². The molecule has 0 fully saturated rings. The number of carboxylic acid groups (broad SMARTS) is 1. The first kappa shape index (κ1) is 17.6. The van der Waals surface area contributed by atoms with E-state index < -0.39 is 5.97 Å². The molecule has 0 saturated heterocycles. The van der Waals surface area contributed by atoms with Crippen molar-refractivity contribution in [2.24, 2.45) is 0 Å². The summed E-state index contributed by atoms with van der Waals surface area (Å²) in [5.74, 6) is 0.445. The molecule has 0 saturated carbocycles. The Morgan fingerprint density at radius 2 is 2.00 bits per heavy atom. The fraction of sp³-hybridized carbons (Fsp3) is 0.400. The number of aromatic nitrogens is 3. The third-order valence-corrected chi connectivity index (χ3v) is 4.76. The molecule has 0 spiro atoms. The molecule has 0 unspecified atom stereocenters. The smallest absolute Gasteiger partial charge is 0.313 e. The van der Waals surface area contributed by atoms with E-state index >= 15 is 0 Å². The van der Waals surface area contributed by atoms with Crippen molar-refractivity contribution in [3.05, 3.63) is 34.1 Å². The number of benzene rings is 1. The molecule has 1 aromatic carbocycles. The molecule has 8 heteroatoms. The fourth-order valence-corrected chi connectivity index (χ4v) is 2.96. The van der Waals surface area contributed by atoms with E-state index in [1.54, 1.807) is 0 Å².